The normalized spacial score (nSPS) is 23.1. The van der Waals surface area contributed by atoms with Crippen LogP contribution in [-0.2, 0) is 12.8 Å². The lowest BCUT2D eigenvalue weighted by Gasteiger charge is -2.47. The molecule has 0 radical (unpaired) electrons. The van der Waals surface area contributed by atoms with E-state index in [4.69, 9.17) is 4.74 Å². The molecule has 4 nitrogen and oxygen atoms in total. The molecule has 3 atom stereocenters. The van der Waals surface area contributed by atoms with Crippen molar-refractivity contribution < 1.29 is 14.2 Å². The maximum Gasteiger partial charge on any atom is 0.123 e. The van der Waals surface area contributed by atoms with Crippen molar-refractivity contribution in [2.75, 3.05) is 7.11 Å². The summed E-state index contributed by atoms with van der Waals surface area (Å²) in [5.41, 5.74) is 5.42. The number of benzene rings is 2. The first-order valence-electron chi connectivity index (χ1n) is 11.3. The van der Waals surface area contributed by atoms with Gasteiger partial charge in [-0.1, -0.05) is 30.7 Å². The van der Waals surface area contributed by atoms with Crippen molar-refractivity contribution in [2.45, 2.75) is 45.1 Å². The predicted molar refractivity (Wildman–Crippen MR) is 123 cm³/mol. The van der Waals surface area contributed by atoms with E-state index in [0.29, 0.717) is 6.42 Å². The van der Waals surface area contributed by atoms with E-state index < -0.39 is 6.10 Å². The van der Waals surface area contributed by atoms with E-state index in [1.165, 1.54) is 23.3 Å². The van der Waals surface area contributed by atoms with Crippen LogP contribution in [0.5, 0.6) is 5.75 Å². The molecule has 1 heterocycles. The average molecular weight is 433 g/mol. The molecule has 32 heavy (non-hydrogen) atoms. The van der Waals surface area contributed by atoms with E-state index in [1.807, 2.05) is 35.1 Å². The Morgan fingerprint density at radius 2 is 2.00 bits per heavy atom. The second-order valence-corrected chi connectivity index (χ2v) is 9.29. The number of rotatable bonds is 5. The standard InChI is InChI=1S/C27H29FN2O2/c1-27-16-19-17-29-30(22-12-10-21(28)11-13-22)24(19)15-20(27)7-5-8-23(27)25(31)14-18-6-3-4-9-26(18)32-2/h3-4,6,9-13,15,17,23,25,31H,5,7-8,14,16H2,1-2H3/t23-,25+,27?/m1/s1. The first-order chi connectivity index (χ1) is 15.5. The van der Waals surface area contributed by atoms with Crippen LogP contribution in [0.15, 0.2) is 60.3 Å². The number of hydrogen-bond donors (Lipinski definition) is 1. The molecule has 1 fully saturated rings. The first-order valence-corrected chi connectivity index (χ1v) is 11.3. The summed E-state index contributed by atoms with van der Waals surface area (Å²) in [6, 6.07) is 14.4. The van der Waals surface area contributed by atoms with Gasteiger partial charge >= 0.3 is 0 Å². The zero-order chi connectivity index (χ0) is 22.3. The SMILES string of the molecule is COc1ccccc1C[C@H](O)[C@H]1CCCC2=Cc3c(cnn3-c3ccc(F)cc3)CC21C. The highest BCUT2D eigenvalue weighted by atomic mass is 19.1. The molecular formula is C27H29FN2O2. The van der Waals surface area contributed by atoms with E-state index in [0.717, 1.165) is 48.4 Å². The van der Waals surface area contributed by atoms with Gasteiger partial charge in [0.15, 0.2) is 0 Å². The average Bonchev–Trinajstić information content (AvgIpc) is 3.19. The zero-order valence-electron chi connectivity index (χ0n) is 18.6. The molecule has 1 unspecified atom stereocenters. The highest BCUT2D eigenvalue weighted by Gasteiger charge is 2.46. The van der Waals surface area contributed by atoms with Gasteiger partial charge in [0.25, 0.3) is 0 Å². The third-order valence-electron chi connectivity index (χ3n) is 7.43. The van der Waals surface area contributed by atoms with E-state index in [9.17, 15) is 9.50 Å². The molecule has 1 N–H and O–H groups in total. The highest BCUT2D eigenvalue weighted by Crippen LogP contribution is 2.52. The Morgan fingerprint density at radius 3 is 2.78 bits per heavy atom. The lowest BCUT2D eigenvalue weighted by molar-refractivity contribution is 0.0231. The predicted octanol–water partition coefficient (Wildman–Crippen LogP) is 5.37. The zero-order valence-corrected chi connectivity index (χ0v) is 18.6. The molecule has 1 saturated carbocycles. The number of aliphatic hydroxyl groups excluding tert-OH is 1. The van der Waals surface area contributed by atoms with E-state index in [2.05, 4.69) is 18.1 Å². The van der Waals surface area contributed by atoms with Crippen LogP contribution in [0.25, 0.3) is 11.8 Å². The number of methoxy groups -OCH3 is 1. The van der Waals surface area contributed by atoms with Crippen molar-refractivity contribution in [3.05, 3.63) is 82.9 Å². The number of fused-ring (bicyclic) bond motifs is 2. The van der Waals surface area contributed by atoms with Crippen molar-refractivity contribution in [3.8, 4) is 11.4 Å². The second kappa shape index (κ2) is 8.21. The third-order valence-corrected chi connectivity index (χ3v) is 7.43. The summed E-state index contributed by atoms with van der Waals surface area (Å²) in [5.74, 6) is 0.740. The van der Waals surface area contributed by atoms with Gasteiger partial charge in [0.1, 0.15) is 11.6 Å². The van der Waals surface area contributed by atoms with Crippen molar-refractivity contribution in [1.82, 2.24) is 9.78 Å². The number of aromatic nitrogens is 2. The second-order valence-electron chi connectivity index (χ2n) is 9.29. The van der Waals surface area contributed by atoms with E-state index in [1.54, 1.807) is 19.2 Å². The van der Waals surface area contributed by atoms with Gasteiger partial charge in [0.2, 0.25) is 0 Å². The minimum Gasteiger partial charge on any atom is -0.496 e. The Hall–Kier alpha value is -2.92. The third kappa shape index (κ3) is 3.55. The molecule has 2 aliphatic rings. The summed E-state index contributed by atoms with van der Waals surface area (Å²) in [7, 11) is 1.68. The molecule has 0 amide bonds. The van der Waals surface area contributed by atoms with Crippen molar-refractivity contribution in [2.24, 2.45) is 11.3 Å². The molecule has 0 aliphatic heterocycles. The number of hydrogen-bond acceptors (Lipinski definition) is 3. The minimum atomic E-state index is -0.450. The molecule has 0 bridgehead atoms. The van der Waals surface area contributed by atoms with Gasteiger partial charge in [0, 0.05) is 6.42 Å². The first kappa shape index (κ1) is 21.0. The number of ether oxygens (including phenoxy) is 1. The number of aliphatic hydroxyl groups is 1. The molecule has 0 spiro atoms. The molecule has 5 heteroatoms. The van der Waals surface area contributed by atoms with E-state index >= 15 is 0 Å². The summed E-state index contributed by atoms with van der Waals surface area (Å²) >= 11 is 0. The molecular weight excluding hydrogens is 403 g/mol. The summed E-state index contributed by atoms with van der Waals surface area (Å²) in [4.78, 5) is 0. The molecule has 166 valence electrons. The van der Waals surface area contributed by atoms with Gasteiger partial charge in [-0.2, -0.15) is 5.10 Å². The fraction of sp³-hybridized carbons (Fsp3) is 0.370. The largest absolute Gasteiger partial charge is 0.496 e. The lowest BCUT2D eigenvalue weighted by Crippen LogP contribution is -2.44. The number of para-hydroxylation sites is 1. The van der Waals surface area contributed by atoms with Crippen LogP contribution in [-0.4, -0.2) is 28.1 Å². The van der Waals surface area contributed by atoms with Crippen LogP contribution in [0.1, 0.15) is 43.0 Å². The molecule has 2 aliphatic carbocycles. The molecule has 2 aromatic carbocycles. The fourth-order valence-corrected chi connectivity index (χ4v) is 5.72. The summed E-state index contributed by atoms with van der Waals surface area (Å²) < 4.78 is 20.8. The maximum atomic E-state index is 13.4. The molecule has 5 rings (SSSR count). The molecule has 1 aromatic heterocycles. The van der Waals surface area contributed by atoms with Crippen molar-refractivity contribution >= 4 is 6.08 Å². The van der Waals surface area contributed by atoms with Gasteiger partial charge in [0.05, 0.1) is 30.8 Å². The van der Waals surface area contributed by atoms with Crippen molar-refractivity contribution in [3.63, 3.8) is 0 Å². The number of halogens is 1. The fourth-order valence-electron chi connectivity index (χ4n) is 5.72. The van der Waals surface area contributed by atoms with Crippen molar-refractivity contribution in [1.29, 1.82) is 0 Å². The summed E-state index contributed by atoms with van der Waals surface area (Å²) in [6.07, 6.45) is 8.27. The molecule has 0 saturated heterocycles. The molecule has 3 aromatic rings. The van der Waals surface area contributed by atoms with Gasteiger partial charge in [-0.25, -0.2) is 9.07 Å². The van der Waals surface area contributed by atoms with Gasteiger partial charge in [-0.05, 0) is 84.6 Å². The lowest BCUT2D eigenvalue weighted by atomic mass is 9.58. The summed E-state index contributed by atoms with van der Waals surface area (Å²) in [5, 5.41) is 16.0. The van der Waals surface area contributed by atoms with E-state index in [-0.39, 0.29) is 17.2 Å². The Balaban J connectivity index is 1.45. The quantitative estimate of drug-likeness (QED) is 0.590. The Labute approximate surface area is 188 Å². The number of allylic oxidation sites excluding steroid dienone is 1. The number of nitrogens with zero attached hydrogens (tertiary/aromatic N) is 2. The van der Waals surface area contributed by atoms with Crippen LogP contribution >= 0.6 is 0 Å². The van der Waals surface area contributed by atoms with Crippen LogP contribution < -0.4 is 4.74 Å². The van der Waals surface area contributed by atoms with Crippen LogP contribution in [0.4, 0.5) is 4.39 Å². The van der Waals surface area contributed by atoms with Crippen LogP contribution in [0, 0.1) is 17.2 Å². The Morgan fingerprint density at radius 1 is 1.22 bits per heavy atom. The summed E-state index contributed by atoms with van der Waals surface area (Å²) in [6.45, 7) is 2.30. The Kier molecular flexibility index (Phi) is 5.38. The maximum absolute atomic E-state index is 13.4. The Bertz CT molecular complexity index is 1150. The van der Waals surface area contributed by atoms with Gasteiger partial charge in [-0.15, -0.1) is 0 Å². The topological polar surface area (TPSA) is 47.3 Å². The van der Waals surface area contributed by atoms with Crippen LogP contribution in [0.2, 0.25) is 0 Å². The van der Waals surface area contributed by atoms with Gasteiger partial charge < -0.3 is 9.84 Å². The van der Waals surface area contributed by atoms with Gasteiger partial charge in [-0.3, -0.25) is 0 Å². The minimum absolute atomic E-state index is 0.108. The highest BCUT2D eigenvalue weighted by molar-refractivity contribution is 5.61. The van der Waals surface area contributed by atoms with Crippen LogP contribution in [0.3, 0.4) is 0 Å². The smallest absolute Gasteiger partial charge is 0.123 e. The monoisotopic (exact) mass is 432 g/mol.